The minimum atomic E-state index is -1.67. The lowest BCUT2D eigenvalue weighted by Crippen LogP contribution is -2.72. The second kappa shape index (κ2) is 18.5. The molecule has 13 N–H and O–H groups in total. The lowest BCUT2D eigenvalue weighted by molar-refractivity contribution is -0.318. The van der Waals surface area contributed by atoms with Crippen molar-refractivity contribution >= 4 is 12.2 Å². The predicted octanol–water partition coefficient (Wildman–Crippen LogP) is -2.36. The summed E-state index contributed by atoms with van der Waals surface area (Å²) < 4.78 is 34.4. The van der Waals surface area contributed by atoms with Gasteiger partial charge in [-0.25, -0.2) is 9.59 Å². The molecule has 1 aliphatic carbocycles. The van der Waals surface area contributed by atoms with Crippen LogP contribution in [-0.2, 0) is 41.6 Å². The first-order valence-corrected chi connectivity index (χ1v) is 17.1. The molecule has 2 aliphatic heterocycles. The zero-order chi connectivity index (χ0) is 37.4. The second-order valence-electron chi connectivity index (χ2n) is 13.1. The second-order valence-corrected chi connectivity index (χ2v) is 13.1. The molecule has 2 aromatic carbocycles. The Kier molecular flexibility index (Phi) is 14.1. The van der Waals surface area contributed by atoms with E-state index < -0.39 is 104 Å². The van der Waals surface area contributed by atoms with E-state index >= 15 is 0 Å². The normalized spacial score (nSPS) is 36.4. The van der Waals surface area contributed by atoms with Crippen LogP contribution in [0.2, 0.25) is 0 Å². The van der Waals surface area contributed by atoms with Gasteiger partial charge in [0.05, 0.1) is 43.0 Å². The van der Waals surface area contributed by atoms with Crippen LogP contribution in [0.15, 0.2) is 60.7 Å². The van der Waals surface area contributed by atoms with Crippen molar-refractivity contribution in [1.29, 1.82) is 0 Å². The Morgan fingerprint density at radius 3 is 1.83 bits per heavy atom. The van der Waals surface area contributed by atoms with Gasteiger partial charge in [-0.3, -0.25) is 0 Å². The van der Waals surface area contributed by atoms with Crippen LogP contribution in [0, 0.1) is 0 Å². The number of aliphatic hydroxyl groups excluding tert-OH is 5. The monoisotopic (exact) mass is 735 g/mol. The highest BCUT2D eigenvalue weighted by atomic mass is 16.7. The van der Waals surface area contributed by atoms with E-state index in [1.165, 1.54) is 0 Å². The summed E-state index contributed by atoms with van der Waals surface area (Å²) in [5.41, 5.74) is 20.0. The SMILES string of the molecule is N[C@@H]1C(O[C@H]2OC(CNC(=O)OCc3ccccc3)CCC2NC(=O)OCc2ccccc2)C(O)[C@@H](O[C@H]2OC(CO)[C@@H](O)[C@H](N)C2O)[C@H](N)C1O. The molecule has 2 amide bonds. The molecule has 5 rings (SSSR count). The topological polar surface area (TPSA) is 293 Å². The number of carbonyl (C=O) groups excluding carboxylic acids is 2. The lowest BCUT2D eigenvalue weighted by Gasteiger charge is -2.49. The van der Waals surface area contributed by atoms with Crippen LogP contribution in [0.25, 0.3) is 0 Å². The third-order valence-corrected chi connectivity index (χ3v) is 9.40. The minimum absolute atomic E-state index is 0.00615. The molecule has 2 aromatic rings. The highest BCUT2D eigenvalue weighted by Gasteiger charge is 2.53. The number of nitrogens with two attached hydrogens (primary N) is 3. The van der Waals surface area contributed by atoms with Crippen molar-refractivity contribution in [2.45, 2.75) is 112 Å². The standard InChI is InChI=1S/C34H49N5O13/c35-22-25(41)21(14-40)50-32(27(22)43)52-30-24(37)26(42)23(36)29(28(30)44)51-31-20(39-34(46)48-16-18-9-5-2-6-10-18)12-11-19(49-31)13-38-33(45)47-15-17-7-3-1-4-8-17/h1-10,19-32,40-44H,11-16,35-37H2,(H,38,45)(H,39,46)/t19?,20?,21?,22-,23-,24+,25+,26?,27?,28?,29?,30-,31+,32+/m0/s1. The number of carbonyl (C=O) groups is 2. The van der Waals surface area contributed by atoms with Gasteiger partial charge in [-0.15, -0.1) is 0 Å². The van der Waals surface area contributed by atoms with Crippen molar-refractivity contribution < 1.29 is 63.5 Å². The number of amides is 2. The Bertz CT molecular complexity index is 1410. The average molecular weight is 736 g/mol. The van der Waals surface area contributed by atoms with Crippen molar-refractivity contribution in [3.05, 3.63) is 71.8 Å². The van der Waals surface area contributed by atoms with Gasteiger partial charge in [0.1, 0.15) is 49.8 Å². The fourth-order valence-electron chi connectivity index (χ4n) is 6.33. The molecule has 2 heterocycles. The Morgan fingerprint density at radius 1 is 0.692 bits per heavy atom. The summed E-state index contributed by atoms with van der Waals surface area (Å²) in [4.78, 5) is 25.3. The summed E-state index contributed by atoms with van der Waals surface area (Å²) in [6.45, 7) is -0.595. The van der Waals surface area contributed by atoms with E-state index in [1.54, 1.807) is 24.3 Å². The molecular formula is C34H49N5O13. The van der Waals surface area contributed by atoms with E-state index in [4.69, 9.17) is 45.6 Å². The predicted molar refractivity (Wildman–Crippen MR) is 180 cm³/mol. The first-order chi connectivity index (χ1) is 25.0. The molecule has 0 aromatic heterocycles. The molecular weight excluding hydrogens is 686 g/mol. The van der Waals surface area contributed by atoms with Crippen LogP contribution >= 0.6 is 0 Å². The van der Waals surface area contributed by atoms with E-state index in [1.807, 2.05) is 36.4 Å². The van der Waals surface area contributed by atoms with Crippen molar-refractivity contribution in [3.63, 3.8) is 0 Å². The quantitative estimate of drug-likeness (QED) is 0.109. The molecule has 18 heteroatoms. The number of alkyl carbamates (subject to hydrolysis) is 2. The van der Waals surface area contributed by atoms with Crippen molar-refractivity contribution in [1.82, 2.24) is 10.6 Å². The fourth-order valence-corrected chi connectivity index (χ4v) is 6.33. The molecule has 18 nitrogen and oxygen atoms in total. The highest BCUT2D eigenvalue weighted by Crippen LogP contribution is 2.31. The number of benzene rings is 2. The Balaban J connectivity index is 1.27. The van der Waals surface area contributed by atoms with Crippen LogP contribution in [-0.4, -0.2) is 136 Å². The van der Waals surface area contributed by atoms with E-state index in [2.05, 4.69) is 10.6 Å². The van der Waals surface area contributed by atoms with E-state index in [0.717, 1.165) is 11.1 Å². The zero-order valence-corrected chi connectivity index (χ0v) is 28.3. The molecule has 7 unspecified atom stereocenters. The average Bonchev–Trinajstić information content (AvgIpc) is 3.16. The molecule has 52 heavy (non-hydrogen) atoms. The smallest absolute Gasteiger partial charge is 0.407 e. The third-order valence-electron chi connectivity index (χ3n) is 9.40. The van der Waals surface area contributed by atoms with Gasteiger partial charge in [0.25, 0.3) is 0 Å². The van der Waals surface area contributed by atoms with Gasteiger partial charge < -0.3 is 81.8 Å². The largest absolute Gasteiger partial charge is 0.445 e. The molecule has 0 radical (unpaired) electrons. The number of nitrogens with one attached hydrogen (secondary N) is 2. The van der Waals surface area contributed by atoms with Gasteiger partial charge in [0.2, 0.25) is 0 Å². The van der Waals surface area contributed by atoms with E-state index in [0.29, 0.717) is 6.42 Å². The van der Waals surface area contributed by atoms with E-state index in [9.17, 15) is 35.1 Å². The minimum Gasteiger partial charge on any atom is -0.445 e. The zero-order valence-electron chi connectivity index (χ0n) is 28.3. The number of rotatable bonds is 12. The molecule has 288 valence electrons. The maximum atomic E-state index is 12.9. The summed E-state index contributed by atoms with van der Waals surface area (Å²) >= 11 is 0. The number of hydrogen-bond acceptors (Lipinski definition) is 16. The van der Waals surface area contributed by atoms with Gasteiger partial charge in [-0.2, -0.15) is 0 Å². The summed E-state index contributed by atoms with van der Waals surface area (Å²) in [5.74, 6) is 0. The Morgan fingerprint density at radius 2 is 1.25 bits per heavy atom. The number of hydrogen-bond donors (Lipinski definition) is 10. The van der Waals surface area contributed by atoms with Crippen molar-refractivity contribution in [3.8, 4) is 0 Å². The summed E-state index contributed by atoms with van der Waals surface area (Å²) in [6, 6.07) is 13.4. The highest BCUT2D eigenvalue weighted by molar-refractivity contribution is 5.68. The molecule has 3 fully saturated rings. The van der Waals surface area contributed by atoms with Crippen LogP contribution in [0.1, 0.15) is 24.0 Å². The fraction of sp³-hybridized carbons (Fsp3) is 0.588. The summed E-state index contributed by atoms with van der Waals surface area (Å²) in [7, 11) is 0. The van der Waals surface area contributed by atoms with Gasteiger partial charge in [0, 0.05) is 6.54 Å². The molecule has 14 atom stereocenters. The van der Waals surface area contributed by atoms with Crippen LogP contribution in [0.3, 0.4) is 0 Å². The number of ether oxygens (including phenoxy) is 6. The molecule has 0 bridgehead atoms. The lowest BCUT2D eigenvalue weighted by atomic mass is 9.82. The Hall–Kier alpha value is -3.50. The molecule has 0 spiro atoms. The van der Waals surface area contributed by atoms with Crippen LogP contribution in [0.5, 0.6) is 0 Å². The first kappa shape index (κ1) is 39.7. The third kappa shape index (κ3) is 9.92. The molecule has 3 aliphatic rings. The van der Waals surface area contributed by atoms with Gasteiger partial charge in [0.15, 0.2) is 12.6 Å². The Labute approximate surface area is 300 Å². The van der Waals surface area contributed by atoms with Gasteiger partial charge in [-0.05, 0) is 24.0 Å². The van der Waals surface area contributed by atoms with Crippen molar-refractivity contribution in [2.24, 2.45) is 17.2 Å². The van der Waals surface area contributed by atoms with Gasteiger partial charge in [-0.1, -0.05) is 60.7 Å². The molecule has 2 saturated heterocycles. The van der Waals surface area contributed by atoms with Crippen molar-refractivity contribution in [2.75, 3.05) is 13.2 Å². The van der Waals surface area contributed by atoms with Gasteiger partial charge >= 0.3 is 12.2 Å². The van der Waals surface area contributed by atoms with Crippen LogP contribution < -0.4 is 27.8 Å². The summed E-state index contributed by atoms with van der Waals surface area (Å²) in [5, 5.41) is 58.4. The first-order valence-electron chi connectivity index (χ1n) is 17.1. The summed E-state index contributed by atoms with van der Waals surface area (Å²) in [6.07, 6.45) is -14.6. The van der Waals surface area contributed by atoms with E-state index in [-0.39, 0.29) is 26.2 Å². The van der Waals surface area contributed by atoms with Crippen LogP contribution in [0.4, 0.5) is 9.59 Å². The maximum absolute atomic E-state index is 12.9. The number of aliphatic hydroxyl groups is 5. The maximum Gasteiger partial charge on any atom is 0.407 e. The molecule has 1 saturated carbocycles.